The Morgan fingerprint density at radius 2 is 1.54 bits per heavy atom. The molecule has 5 rings (SSSR count). The van der Waals surface area contributed by atoms with Crippen LogP contribution >= 0.6 is 0 Å². The molecule has 9 nitrogen and oxygen atoms in total. The van der Waals surface area contributed by atoms with E-state index in [1.165, 1.54) is 12.8 Å². The van der Waals surface area contributed by atoms with E-state index in [9.17, 15) is 9.59 Å². The van der Waals surface area contributed by atoms with E-state index >= 15 is 0 Å². The Morgan fingerprint density at radius 1 is 0.914 bits per heavy atom. The molecule has 1 fully saturated rings. The van der Waals surface area contributed by atoms with Gasteiger partial charge in [-0.25, -0.2) is 19.9 Å². The molecule has 3 aromatic rings. The second-order valence-corrected chi connectivity index (χ2v) is 11.7. The number of anilines is 2. The molecular formula is C26H33N7O2. The van der Waals surface area contributed by atoms with Crippen molar-refractivity contribution in [1.29, 1.82) is 0 Å². The Kier molecular flexibility index (Phi) is 5.23. The number of ketones is 2. The third kappa shape index (κ3) is 3.68. The van der Waals surface area contributed by atoms with Crippen LogP contribution in [-0.4, -0.2) is 55.7 Å². The summed E-state index contributed by atoms with van der Waals surface area (Å²) in [6.07, 6.45) is 7.63. The van der Waals surface area contributed by atoms with Crippen LogP contribution in [0.15, 0.2) is 24.7 Å². The van der Waals surface area contributed by atoms with E-state index in [-0.39, 0.29) is 18.1 Å². The first-order valence-electron chi connectivity index (χ1n) is 12.2. The van der Waals surface area contributed by atoms with E-state index in [2.05, 4.69) is 20.2 Å². The highest BCUT2D eigenvalue weighted by Gasteiger charge is 2.58. The fraction of sp³-hybridized carbons (Fsp3) is 0.538. The van der Waals surface area contributed by atoms with Gasteiger partial charge in [0.2, 0.25) is 0 Å². The molecule has 0 saturated carbocycles. The molecule has 0 aromatic carbocycles. The second-order valence-electron chi connectivity index (χ2n) is 11.7. The van der Waals surface area contributed by atoms with Crippen LogP contribution in [-0.2, 0) is 15.0 Å². The van der Waals surface area contributed by atoms with E-state index in [4.69, 9.17) is 9.97 Å². The van der Waals surface area contributed by atoms with E-state index in [1.807, 2.05) is 58.4 Å². The highest BCUT2D eigenvalue weighted by Crippen LogP contribution is 2.44. The maximum absolute atomic E-state index is 13.9. The highest BCUT2D eigenvalue weighted by molar-refractivity contribution is 6.17. The number of nitrogens with one attached hydrogen (secondary N) is 1. The van der Waals surface area contributed by atoms with Gasteiger partial charge in [0.25, 0.3) is 0 Å². The van der Waals surface area contributed by atoms with Crippen molar-refractivity contribution in [2.75, 3.05) is 29.9 Å². The van der Waals surface area contributed by atoms with E-state index in [0.717, 1.165) is 24.4 Å². The minimum Gasteiger partial charge on any atom is -0.367 e. The molecule has 0 unspecified atom stereocenters. The molecule has 35 heavy (non-hydrogen) atoms. The Hall–Kier alpha value is -3.36. The number of hydrogen-bond donors (Lipinski definition) is 1. The average molecular weight is 476 g/mol. The predicted molar refractivity (Wildman–Crippen MR) is 135 cm³/mol. The maximum atomic E-state index is 13.9. The zero-order chi connectivity index (χ0) is 25.2. The second kappa shape index (κ2) is 7.83. The summed E-state index contributed by atoms with van der Waals surface area (Å²) in [5.41, 5.74) is -1.08. The number of nitrogens with zero attached hydrogens (tertiary/aromatic N) is 6. The number of carbonyl (C=O) groups excluding carboxylic acids is 2. The third-order valence-electron chi connectivity index (χ3n) is 6.88. The van der Waals surface area contributed by atoms with Crippen molar-refractivity contribution in [3.05, 3.63) is 30.4 Å². The smallest absolute Gasteiger partial charge is 0.164 e. The van der Waals surface area contributed by atoms with E-state index in [1.54, 1.807) is 12.4 Å². The fourth-order valence-electron chi connectivity index (χ4n) is 5.17. The number of rotatable bonds is 4. The minimum absolute atomic E-state index is 0.156. The molecule has 1 N–H and O–H groups in total. The first-order valence-corrected chi connectivity index (χ1v) is 12.2. The quantitative estimate of drug-likeness (QED) is 0.570. The van der Waals surface area contributed by atoms with Crippen LogP contribution in [0.2, 0.25) is 0 Å². The zero-order valence-corrected chi connectivity index (χ0v) is 21.3. The highest BCUT2D eigenvalue weighted by atomic mass is 16.2. The zero-order valence-electron chi connectivity index (χ0n) is 21.3. The van der Waals surface area contributed by atoms with Crippen LogP contribution < -0.4 is 10.2 Å². The summed E-state index contributed by atoms with van der Waals surface area (Å²) in [5, 5.41) is 3.19. The van der Waals surface area contributed by atoms with Crippen molar-refractivity contribution < 1.29 is 9.59 Å². The summed E-state index contributed by atoms with van der Waals surface area (Å²) >= 11 is 0. The Bertz CT molecular complexity index is 1300. The molecule has 0 bridgehead atoms. The largest absolute Gasteiger partial charge is 0.367 e. The lowest BCUT2D eigenvalue weighted by Crippen LogP contribution is -2.54. The summed E-state index contributed by atoms with van der Waals surface area (Å²) in [5.74, 6) is 1.54. The van der Waals surface area contributed by atoms with E-state index in [0.29, 0.717) is 23.0 Å². The normalized spacial score (nSPS) is 17.5. The maximum Gasteiger partial charge on any atom is 0.164 e. The molecule has 0 atom stereocenters. The van der Waals surface area contributed by atoms with Gasteiger partial charge in [0.1, 0.15) is 22.8 Å². The summed E-state index contributed by atoms with van der Waals surface area (Å²) in [6, 6.07) is 1.91. The van der Waals surface area contributed by atoms with Crippen LogP contribution in [0.4, 0.5) is 11.6 Å². The van der Waals surface area contributed by atoms with Crippen LogP contribution in [0.3, 0.4) is 0 Å². The molecule has 2 aliphatic heterocycles. The Balaban J connectivity index is 1.63. The molecule has 0 aliphatic carbocycles. The SMILES string of the molecule is CC(C)(C)C(=O)C1(C(=O)C(C)(C)C)CNc2ncc(-n3ccc4nc(N5CCCC5)cnc43)nc21. The van der Waals surface area contributed by atoms with Gasteiger partial charge in [0, 0.05) is 36.7 Å². The molecule has 2 aliphatic rings. The van der Waals surface area contributed by atoms with Gasteiger partial charge in [0.15, 0.2) is 28.4 Å². The van der Waals surface area contributed by atoms with Gasteiger partial charge >= 0.3 is 0 Å². The lowest BCUT2D eigenvalue weighted by atomic mass is 9.63. The Labute approximate surface area is 205 Å². The number of hydrogen-bond acceptors (Lipinski definition) is 8. The van der Waals surface area contributed by atoms with Crippen molar-refractivity contribution >= 4 is 34.4 Å². The van der Waals surface area contributed by atoms with Crippen LogP contribution in [0.5, 0.6) is 0 Å². The molecule has 184 valence electrons. The monoisotopic (exact) mass is 475 g/mol. The van der Waals surface area contributed by atoms with E-state index < -0.39 is 16.2 Å². The topological polar surface area (TPSA) is 106 Å². The summed E-state index contributed by atoms with van der Waals surface area (Å²) in [7, 11) is 0. The molecule has 5 heterocycles. The van der Waals surface area contributed by atoms with Crippen molar-refractivity contribution in [1.82, 2.24) is 24.5 Å². The number of carbonyl (C=O) groups is 2. The summed E-state index contributed by atoms with van der Waals surface area (Å²) in [6.45, 7) is 13.2. The van der Waals surface area contributed by atoms with Gasteiger partial charge in [-0.3, -0.25) is 14.2 Å². The standard InChI is InChI=1S/C26H33N7O2/c1-24(2,3)22(34)26(23(35)25(4,5)6)15-29-20-19(26)31-18(14-27-20)33-12-9-16-21(33)28-13-17(30-16)32-10-7-8-11-32/h9,12-14H,7-8,10-11,15H2,1-6H3,(H,27,29). The van der Waals surface area contributed by atoms with Crippen LogP contribution in [0.1, 0.15) is 60.1 Å². The molecule has 1 saturated heterocycles. The number of Topliss-reactive ketones (excluding diaryl/α,β-unsaturated/α-hetero) is 2. The van der Waals surface area contributed by atoms with Gasteiger partial charge < -0.3 is 10.2 Å². The van der Waals surface area contributed by atoms with Crippen molar-refractivity contribution in [2.24, 2.45) is 10.8 Å². The Morgan fingerprint density at radius 3 is 2.17 bits per heavy atom. The number of fused-ring (bicyclic) bond motifs is 2. The molecule has 0 radical (unpaired) electrons. The van der Waals surface area contributed by atoms with Gasteiger partial charge in [-0.15, -0.1) is 0 Å². The van der Waals surface area contributed by atoms with Crippen LogP contribution in [0, 0.1) is 10.8 Å². The third-order valence-corrected chi connectivity index (χ3v) is 6.88. The van der Waals surface area contributed by atoms with Crippen molar-refractivity contribution in [2.45, 2.75) is 59.8 Å². The molecular weight excluding hydrogens is 442 g/mol. The lowest BCUT2D eigenvalue weighted by Gasteiger charge is -2.36. The van der Waals surface area contributed by atoms with Gasteiger partial charge in [-0.2, -0.15) is 0 Å². The van der Waals surface area contributed by atoms with Crippen molar-refractivity contribution in [3.63, 3.8) is 0 Å². The summed E-state index contributed by atoms with van der Waals surface area (Å²) < 4.78 is 1.82. The van der Waals surface area contributed by atoms with Gasteiger partial charge in [-0.1, -0.05) is 41.5 Å². The minimum atomic E-state index is -1.41. The average Bonchev–Trinajstić information content (AvgIpc) is 3.54. The van der Waals surface area contributed by atoms with Crippen molar-refractivity contribution in [3.8, 4) is 5.82 Å². The molecule has 0 amide bonds. The van der Waals surface area contributed by atoms with Gasteiger partial charge in [0.05, 0.1) is 12.4 Å². The molecule has 9 heteroatoms. The first kappa shape index (κ1) is 23.4. The van der Waals surface area contributed by atoms with Crippen LogP contribution in [0.25, 0.3) is 17.0 Å². The first-order chi connectivity index (χ1) is 16.4. The molecule has 3 aromatic heterocycles. The predicted octanol–water partition coefficient (Wildman–Crippen LogP) is 3.70. The fourth-order valence-corrected chi connectivity index (χ4v) is 5.17. The molecule has 0 spiro atoms. The van der Waals surface area contributed by atoms with Gasteiger partial charge in [-0.05, 0) is 18.9 Å². The number of aromatic nitrogens is 5. The summed E-state index contributed by atoms with van der Waals surface area (Å²) in [4.78, 5) is 48.9. The lowest BCUT2D eigenvalue weighted by molar-refractivity contribution is -0.143.